The molecule has 0 radical (unpaired) electrons. The maximum atomic E-state index is 12.2. The van der Waals surface area contributed by atoms with Crippen molar-refractivity contribution in [3.8, 4) is 0 Å². The number of benzene rings is 1. The van der Waals surface area contributed by atoms with Crippen molar-refractivity contribution in [1.29, 1.82) is 0 Å². The van der Waals surface area contributed by atoms with Crippen LogP contribution in [0.3, 0.4) is 0 Å². The number of hydrogen-bond acceptors (Lipinski definition) is 7. The van der Waals surface area contributed by atoms with Crippen LogP contribution in [-0.4, -0.2) is 47.8 Å². The van der Waals surface area contributed by atoms with E-state index in [4.69, 9.17) is 0 Å². The van der Waals surface area contributed by atoms with Gasteiger partial charge in [-0.3, -0.25) is 4.79 Å². The van der Waals surface area contributed by atoms with Gasteiger partial charge < -0.3 is 4.98 Å². The lowest BCUT2D eigenvalue weighted by molar-refractivity contribution is 0.0924. The first-order valence-electron chi connectivity index (χ1n) is 8.57. The minimum atomic E-state index is -0.118. The number of rotatable bonds is 6. The minimum absolute atomic E-state index is 0.118. The van der Waals surface area contributed by atoms with E-state index in [1.54, 1.807) is 6.21 Å². The predicted molar refractivity (Wildman–Crippen MR) is 109 cm³/mol. The molecule has 0 saturated carbocycles. The smallest absolute Gasteiger partial charge is 0.257 e. The Balaban J connectivity index is 1.34. The highest BCUT2D eigenvalue weighted by Crippen LogP contribution is 2.17. The van der Waals surface area contributed by atoms with Crippen molar-refractivity contribution < 1.29 is 4.79 Å². The Morgan fingerprint density at radius 3 is 3.04 bits per heavy atom. The van der Waals surface area contributed by atoms with Gasteiger partial charge in [0.15, 0.2) is 0 Å². The number of carbonyl (C=O) groups excluding carboxylic acids is 1. The Morgan fingerprint density at radius 1 is 1.36 bits per heavy atom. The fourth-order valence-corrected chi connectivity index (χ4v) is 3.43. The molecule has 4 aromatic rings. The first-order chi connectivity index (χ1) is 13.6. The van der Waals surface area contributed by atoms with Gasteiger partial charge in [-0.1, -0.05) is 30.0 Å². The van der Waals surface area contributed by atoms with E-state index in [2.05, 4.69) is 35.8 Å². The number of thioether (sulfide) groups is 1. The molecule has 28 heavy (non-hydrogen) atoms. The molecule has 0 unspecified atom stereocenters. The van der Waals surface area contributed by atoms with E-state index in [0.29, 0.717) is 11.1 Å². The van der Waals surface area contributed by atoms with Gasteiger partial charge in [-0.25, -0.2) is 15.2 Å². The topological polar surface area (TPSA) is 117 Å². The summed E-state index contributed by atoms with van der Waals surface area (Å²) in [6.07, 6.45) is 3.60. The number of nitrogens with zero attached hydrogens (tertiary/aromatic N) is 5. The second-order valence-corrected chi connectivity index (χ2v) is 7.09. The third kappa shape index (κ3) is 3.81. The second-order valence-electron chi connectivity index (χ2n) is 6.15. The van der Waals surface area contributed by atoms with E-state index < -0.39 is 0 Å². The summed E-state index contributed by atoms with van der Waals surface area (Å²) in [5, 5.41) is 16.7. The van der Waals surface area contributed by atoms with Gasteiger partial charge in [-0.05, 0) is 26.0 Å². The van der Waals surface area contributed by atoms with Gasteiger partial charge in [-0.2, -0.15) is 15.2 Å². The van der Waals surface area contributed by atoms with E-state index >= 15 is 0 Å². The van der Waals surface area contributed by atoms with Crippen molar-refractivity contribution in [1.82, 2.24) is 29.9 Å². The molecule has 1 aromatic carbocycles. The van der Waals surface area contributed by atoms with Crippen molar-refractivity contribution in [2.24, 2.45) is 5.10 Å². The van der Waals surface area contributed by atoms with Crippen LogP contribution in [0.15, 0.2) is 46.8 Å². The van der Waals surface area contributed by atoms with Crippen LogP contribution in [0.4, 0.5) is 5.95 Å². The van der Waals surface area contributed by atoms with E-state index in [0.717, 1.165) is 27.9 Å². The Kier molecular flexibility index (Phi) is 4.94. The maximum Gasteiger partial charge on any atom is 0.257 e. The van der Waals surface area contributed by atoms with Crippen molar-refractivity contribution in [2.75, 3.05) is 11.2 Å². The first-order valence-corrected chi connectivity index (χ1v) is 9.55. The first kappa shape index (κ1) is 18.0. The lowest BCUT2D eigenvalue weighted by Crippen LogP contribution is -2.16. The van der Waals surface area contributed by atoms with Crippen molar-refractivity contribution in [3.05, 3.63) is 53.5 Å². The molecule has 0 aliphatic carbocycles. The lowest BCUT2D eigenvalue weighted by atomic mass is 10.2. The molecule has 9 nitrogen and oxygen atoms in total. The molecule has 3 N–H and O–H groups in total. The zero-order chi connectivity index (χ0) is 19.5. The lowest BCUT2D eigenvalue weighted by Gasteiger charge is -2.00. The summed E-state index contributed by atoms with van der Waals surface area (Å²) in [6, 6.07) is 9.85. The summed E-state index contributed by atoms with van der Waals surface area (Å²) in [4.78, 5) is 19.7. The van der Waals surface area contributed by atoms with Crippen LogP contribution < -0.4 is 5.43 Å². The van der Waals surface area contributed by atoms with Gasteiger partial charge in [-0.15, -0.1) is 5.10 Å². The van der Waals surface area contributed by atoms with Crippen LogP contribution in [0.1, 0.15) is 21.7 Å². The number of aromatic amines is 2. The number of anilines is 1. The molecular formula is C18H18N8OS. The number of nitrogens with one attached hydrogen (secondary N) is 3. The van der Waals surface area contributed by atoms with Gasteiger partial charge in [0.1, 0.15) is 0 Å². The standard InChI is InChI=1S/C18H18N8OS/c1-11-7-12(2)26(25-11)16(27)10-28-18-21-17(23-24-18)22-20-9-13-8-19-15-6-4-3-5-14(13)15/h3-9,19H,10H2,1-2H3,(H2,21,22,23,24)/b20-9+. The Labute approximate surface area is 164 Å². The Morgan fingerprint density at radius 2 is 2.21 bits per heavy atom. The van der Waals surface area contributed by atoms with Gasteiger partial charge in [0.05, 0.1) is 17.7 Å². The highest BCUT2D eigenvalue weighted by Gasteiger charge is 2.12. The van der Waals surface area contributed by atoms with Crippen molar-refractivity contribution in [2.45, 2.75) is 19.0 Å². The zero-order valence-electron chi connectivity index (χ0n) is 15.3. The number of hydrazone groups is 1. The molecule has 3 heterocycles. The quantitative estimate of drug-likeness (QED) is 0.263. The van der Waals surface area contributed by atoms with E-state index in [1.807, 2.05) is 50.4 Å². The van der Waals surface area contributed by atoms with Crippen LogP contribution in [0.25, 0.3) is 10.9 Å². The number of H-pyrrole nitrogens is 2. The molecule has 0 spiro atoms. The van der Waals surface area contributed by atoms with Gasteiger partial charge in [0, 0.05) is 28.4 Å². The van der Waals surface area contributed by atoms with E-state index in [9.17, 15) is 4.79 Å². The highest BCUT2D eigenvalue weighted by molar-refractivity contribution is 7.99. The molecule has 0 bridgehead atoms. The van der Waals surface area contributed by atoms with Crippen molar-refractivity contribution in [3.63, 3.8) is 0 Å². The second kappa shape index (κ2) is 7.69. The van der Waals surface area contributed by atoms with Gasteiger partial charge in [0.25, 0.3) is 5.91 Å². The molecule has 0 atom stereocenters. The summed E-state index contributed by atoms with van der Waals surface area (Å²) in [7, 11) is 0. The average Bonchev–Trinajstić information content (AvgIpc) is 3.39. The summed E-state index contributed by atoms with van der Waals surface area (Å²) in [5.41, 5.74) is 6.45. The SMILES string of the molecule is Cc1cc(C)n(C(=O)CSc2n[nH]c(N/N=C/c3c[nH]c4ccccc34)n2)n1. The minimum Gasteiger partial charge on any atom is -0.361 e. The molecule has 0 amide bonds. The fraction of sp³-hybridized carbons (Fsp3) is 0.167. The van der Waals surface area contributed by atoms with E-state index in [-0.39, 0.29) is 11.7 Å². The third-order valence-corrected chi connectivity index (χ3v) is 4.86. The molecule has 0 fully saturated rings. The molecule has 0 aliphatic rings. The molecule has 0 aliphatic heterocycles. The largest absolute Gasteiger partial charge is 0.361 e. The molecule has 4 rings (SSSR count). The fourth-order valence-electron chi connectivity index (χ4n) is 2.79. The summed E-state index contributed by atoms with van der Waals surface area (Å²) >= 11 is 1.23. The number of hydrogen-bond donors (Lipinski definition) is 3. The predicted octanol–water partition coefficient (Wildman–Crippen LogP) is 2.98. The molecule has 3 aromatic heterocycles. The van der Waals surface area contributed by atoms with Crippen molar-refractivity contribution >= 4 is 40.7 Å². The number of aryl methyl sites for hydroxylation is 2. The molecule has 10 heteroatoms. The Bertz CT molecular complexity index is 1160. The number of carbonyl (C=O) groups is 1. The third-order valence-electron chi connectivity index (χ3n) is 4.03. The normalized spacial score (nSPS) is 11.5. The molecule has 142 valence electrons. The molecule has 0 saturated heterocycles. The summed E-state index contributed by atoms with van der Waals surface area (Å²) in [6.45, 7) is 3.71. The van der Waals surface area contributed by atoms with Crippen LogP contribution in [0.5, 0.6) is 0 Å². The zero-order valence-corrected chi connectivity index (χ0v) is 16.1. The van der Waals surface area contributed by atoms with Crippen LogP contribution in [-0.2, 0) is 0 Å². The molecular weight excluding hydrogens is 376 g/mol. The number of aromatic nitrogens is 6. The number of para-hydroxylation sites is 1. The summed E-state index contributed by atoms with van der Waals surface area (Å²) in [5.74, 6) is 0.474. The Hall–Kier alpha value is -3.40. The highest BCUT2D eigenvalue weighted by atomic mass is 32.2. The van der Waals surface area contributed by atoms with E-state index in [1.165, 1.54) is 16.4 Å². The monoisotopic (exact) mass is 394 g/mol. The van der Waals surface area contributed by atoms with Crippen LogP contribution in [0, 0.1) is 13.8 Å². The summed E-state index contributed by atoms with van der Waals surface area (Å²) < 4.78 is 1.40. The number of fused-ring (bicyclic) bond motifs is 1. The van der Waals surface area contributed by atoms with Crippen LogP contribution in [0.2, 0.25) is 0 Å². The van der Waals surface area contributed by atoms with Gasteiger partial charge in [0.2, 0.25) is 11.1 Å². The van der Waals surface area contributed by atoms with Crippen LogP contribution >= 0.6 is 11.8 Å². The van der Waals surface area contributed by atoms with Gasteiger partial charge >= 0.3 is 0 Å². The maximum absolute atomic E-state index is 12.2. The average molecular weight is 394 g/mol.